The third-order valence-electron chi connectivity index (χ3n) is 5.93. The third-order valence-corrected chi connectivity index (χ3v) is 7.06. The number of carbonyl (C=O) groups is 2. The highest BCUT2D eigenvalue weighted by atomic mass is 32.2. The van der Waals surface area contributed by atoms with Crippen LogP contribution in [0, 0.1) is 13.8 Å². The standard InChI is InChI=1S/C27H39N3O5S/c1-7-9-15-28-27(32)23(8-2)29(18-22-12-10-11-20(3)16-22)26(31)19-30(36(6,33)34)24-17-21(4)13-14-25(24)35-5/h10-14,16-17,23H,7-9,15,18-19H2,1-6H3,(H,28,32). The molecule has 1 atom stereocenters. The van der Waals surface area contributed by atoms with Crippen LogP contribution in [0.25, 0.3) is 0 Å². The summed E-state index contributed by atoms with van der Waals surface area (Å²) in [5.74, 6) is -0.373. The van der Waals surface area contributed by atoms with Crippen LogP contribution in [0.1, 0.15) is 49.8 Å². The van der Waals surface area contributed by atoms with Crippen LogP contribution < -0.4 is 14.4 Å². The van der Waals surface area contributed by atoms with Crippen molar-refractivity contribution in [1.29, 1.82) is 0 Å². The van der Waals surface area contributed by atoms with Crippen LogP contribution in [-0.2, 0) is 26.2 Å². The van der Waals surface area contributed by atoms with E-state index in [9.17, 15) is 18.0 Å². The molecule has 2 aromatic rings. The minimum absolute atomic E-state index is 0.183. The largest absolute Gasteiger partial charge is 0.495 e. The second kappa shape index (κ2) is 13.3. The Labute approximate surface area is 215 Å². The molecule has 2 aromatic carbocycles. The quantitative estimate of drug-likeness (QED) is 0.408. The van der Waals surface area contributed by atoms with Crippen molar-refractivity contribution in [3.63, 3.8) is 0 Å². The first-order valence-electron chi connectivity index (χ1n) is 12.3. The molecule has 0 aliphatic heterocycles. The van der Waals surface area contributed by atoms with Crippen molar-refractivity contribution in [2.24, 2.45) is 0 Å². The molecule has 198 valence electrons. The molecule has 9 heteroatoms. The number of nitrogens with one attached hydrogen (secondary N) is 1. The maximum atomic E-state index is 13.8. The summed E-state index contributed by atoms with van der Waals surface area (Å²) in [7, 11) is -2.39. The van der Waals surface area contributed by atoms with Gasteiger partial charge in [0.15, 0.2) is 0 Å². The second-order valence-electron chi connectivity index (χ2n) is 9.02. The number of nitrogens with zero attached hydrogens (tertiary/aromatic N) is 2. The van der Waals surface area contributed by atoms with E-state index >= 15 is 0 Å². The fraction of sp³-hybridized carbons (Fsp3) is 0.481. The van der Waals surface area contributed by atoms with Crippen molar-refractivity contribution < 1.29 is 22.7 Å². The van der Waals surface area contributed by atoms with Crippen molar-refractivity contribution in [2.75, 3.05) is 30.8 Å². The topological polar surface area (TPSA) is 96.0 Å². The monoisotopic (exact) mass is 517 g/mol. The molecule has 0 radical (unpaired) electrons. The van der Waals surface area contributed by atoms with Gasteiger partial charge in [0.25, 0.3) is 0 Å². The zero-order valence-corrected chi connectivity index (χ0v) is 23.0. The van der Waals surface area contributed by atoms with E-state index in [0.717, 1.165) is 40.1 Å². The SMILES string of the molecule is CCCCNC(=O)C(CC)N(Cc1cccc(C)c1)C(=O)CN(c1cc(C)ccc1OC)S(C)(=O)=O. The number of carbonyl (C=O) groups excluding carboxylic acids is 2. The van der Waals surface area contributed by atoms with E-state index in [2.05, 4.69) is 5.32 Å². The van der Waals surface area contributed by atoms with Crippen LogP contribution in [0.15, 0.2) is 42.5 Å². The van der Waals surface area contributed by atoms with Gasteiger partial charge in [-0.15, -0.1) is 0 Å². The van der Waals surface area contributed by atoms with Crippen molar-refractivity contribution in [3.05, 3.63) is 59.2 Å². The summed E-state index contributed by atoms with van der Waals surface area (Å²) in [4.78, 5) is 28.4. The van der Waals surface area contributed by atoms with E-state index < -0.39 is 28.5 Å². The third kappa shape index (κ3) is 7.98. The number of hydrogen-bond acceptors (Lipinski definition) is 5. The van der Waals surface area contributed by atoms with Gasteiger partial charge in [-0.1, -0.05) is 56.2 Å². The highest BCUT2D eigenvalue weighted by Crippen LogP contribution is 2.31. The Kier molecular flexibility index (Phi) is 10.8. The molecule has 36 heavy (non-hydrogen) atoms. The van der Waals surface area contributed by atoms with Crippen LogP contribution in [0.3, 0.4) is 0 Å². The van der Waals surface area contributed by atoms with Gasteiger partial charge >= 0.3 is 0 Å². The van der Waals surface area contributed by atoms with E-state index in [1.807, 2.05) is 58.0 Å². The Morgan fingerprint density at radius 1 is 1.06 bits per heavy atom. The molecule has 2 rings (SSSR count). The summed E-state index contributed by atoms with van der Waals surface area (Å²) in [5, 5.41) is 2.92. The van der Waals surface area contributed by atoms with Gasteiger partial charge in [-0.25, -0.2) is 8.42 Å². The number of rotatable bonds is 13. The molecular weight excluding hydrogens is 478 g/mol. The molecule has 1 N–H and O–H groups in total. The zero-order chi connectivity index (χ0) is 26.9. The minimum Gasteiger partial charge on any atom is -0.495 e. The van der Waals surface area contributed by atoms with Crippen LogP contribution in [-0.4, -0.2) is 57.6 Å². The highest BCUT2D eigenvalue weighted by Gasteiger charge is 2.32. The Morgan fingerprint density at radius 3 is 2.33 bits per heavy atom. The van der Waals surface area contributed by atoms with Gasteiger partial charge < -0.3 is 15.0 Å². The minimum atomic E-state index is -3.84. The lowest BCUT2D eigenvalue weighted by Crippen LogP contribution is -2.52. The van der Waals surface area contributed by atoms with Gasteiger partial charge in [0.05, 0.1) is 19.1 Å². The van der Waals surface area contributed by atoms with E-state index in [0.29, 0.717) is 18.7 Å². The van der Waals surface area contributed by atoms with Gasteiger partial charge in [0.1, 0.15) is 18.3 Å². The van der Waals surface area contributed by atoms with Gasteiger partial charge in [-0.3, -0.25) is 13.9 Å². The van der Waals surface area contributed by atoms with Gasteiger partial charge in [-0.05, 0) is 49.9 Å². The van der Waals surface area contributed by atoms with Crippen molar-refractivity contribution in [1.82, 2.24) is 10.2 Å². The number of benzene rings is 2. The molecule has 2 amide bonds. The van der Waals surface area contributed by atoms with E-state index in [1.165, 1.54) is 12.0 Å². The fourth-order valence-corrected chi connectivity index (χ4v) is 4.87. The summed E-state index contributed by atoms with van der Waals surface area (Å²) in [6.45, 7) is 7.93. The molecule has 0 saturated carbocycles. The van der Waals surface area contributed by atoms with E-state index in [-0.39, 0.29) is 18.1 Å². The summed E-state index contributed by atoms with van der Waals surface area (Å²) >= 11 is 0. The number of anilines is 1. The predicted octanol–water partition coefficient (Wildman–Crippen LogP) is 3.80. The molecule has 0 aromatic heterocycles. The lowest BCUT2D eigenvalue weighted by atomic mass is 10.1. The zero-order valence-electron chi connectivity index (χ0n) is 22.2. The molecule has 0 spiro atoms. The Hall–Kier alpha value is -3.07. The molecular formula is C27H39N3O5S. The van der Waals surface area contributed by atoms with Crippen LogP contribution in [0.4, 0.5) is 5.69 Å². The molecule has 1 unspecified atom stereocenters. The average Bonchev–Trinajstić information content (AvgIpc) is 2.81. The smallest absolute Gasteiger partial charge is 0.244 e. The molecule has 8 nitrogen and oxygen atoms in total. The second-order valence-corrected chi connectivity index (χ2v) is 10.9. The van der Waals surface area contributed by atoms with Crippen molar-refractivity contribution in [3.8, 4) is 5.75 Å². The number of hydrogen-bond donors (Lipinski definition) is 1. The molecule has 0 aliphatic rings. The van der Waals surface area contributed by atoms with Crippen molar-refractivity contribution >= 4 is 27.5 Å². The fourth-order valence-electron chi connectivity index (χ4n) is 4.02. The molecule has 0 heterocycles. The number of sulfonamides is 1. The highest BCUT2D eigenvalue weighted by molar-refractivity contribution is 7.92. The molecule has 0 bridgehead atoms. The van der Waals surface area contributed by atoms with Gasteiger partial charge in [0, 0.05) is 13.1 Å². The lowest BCUT2D eigenvalue weighted by Gasteiger charge is -2.33. The maximum Gasteiger partial charge on any atom is 0.244 e. The Bertz CT molecular complexity index is 1150. The first-order chi connectivity index (χ1) is 17.0. The normalized spacial score (nSPS) is 12.1. The van der Waals surface area contributed by atoms with Crippen LogP contribution in [0.2, 0.25) is 0 Å². The number of methoxy groups -OCH3 is 1. The van der Waals surface area contributed by atoms with Gasteiger partial charge in [0.2, 0.25) is 21.8 Å². The summed E-state index contributed by atoms with van der Waals surface area (Å²) < 4.78 is 32.1. The van der Waals surface area contributed by atoms with Crippen LogP contribution >= 0.6 is 0 Å². The number of aryl methyl sites for hydroxylation is 2. The number of ether oxygens (including phenoxy) is 1. The first-order valence-corrected chi connectivity index (χ1v) is 14.1. The Morgan fingerprint density at radius 2 is 1.75 bits per heavy atom. The van der Waals surface area contributed by atoms with E-state index in [4.69, 9.17) is 4.74 Å². The molecule has 0 saturated heterocycles. The Balaban J connectivity index is 2.47. The average molecular weight is 518 g/mol. The number of amides is 2. The molecule has 0 aliphatic carbocycles. The van der Waals surface area contributed by atoms with E-state index in [1.54, 1.807) is 12.1 Å². The predicted molar refractivity (Wildman–Crippen MR) is 144 cm³/mol. The van der Waals surface area contributed by atoms with Crippen molar-refractivity contribution in [2.45, 2.75) is 59.5 Å². The first kappa shape index (κ1) is 29.2. The number of unbranched alkanes of at least 4 members (excludes halogenated alkanes) is 1. The summed E-state index contributed by atoms with van der Waals surface area (Å²) in [5.41, 5.74) is 3.00. The maximum absolute atomic E-state index is 13.8. The lowest BCUT2D eigenvalue weighted by molar-refractivity contribution is -0.140. The summed E-state index contributed by atoms with van der Waals surface area (Å²) in [6.07, 6.45) is 3.22. The van der Waals surface area contributed by atoms with Gasteiger partial charge in [-0.2, -0.15) is 0 Å². The molecule has 0 fully saturated rings. The summed E-state index contributed by atoms with van der Waals surface area (Å²) in [6, 6.07) is 12.1. The van der Waals surface area contributed by atoms with Crippen LogP contribution in [0.5, 0.6) is 5.75 Å².